The lowest BCUT2D eigenvalue weighted by Gasteiger charge is -2.61. The highest BCUT2D eigenvalue weighted by atomic mass is 16.7. The molecule has 0 aromatic rings. The number of Topliss-reactive ketones (excluding diaryl/α,β-unsaturated/α-hetero) is 1. The molecule has 5 rings (SSSR count). The summed E-state index contributed by atoms with van der Waals surface area (Å²) in [6.07, 6.45) is -4.87. The van der Waals surface area contributed by atoms with Gasteiger partial charge in [0.15, 0.2) is 30.7 Å². The molecule has 5 fully saturated rings. The number of aliphatic hydroxyl groups excluding tert-OH is 1. The summed E-state index contributed by atoms with van der Waals surface area (Å²) in [5, 5.41) is 22.9. The summed E-state index contributed by atoms with van der Waals surface area (Å²) in [4.78, 5) is 75.0. The predicted molar refractivity (Wildman–Crippen MR) is 172 cm³/mol. The average Bonchev–Trinajstić information content (AvgIpc) is 3.31. The molecule has 14 atom stereocenters. The number of hydrogen-bond donors (Lipinski definition) is 2. The number of ether oxygens (including phenoxy) is 7. The Labute approximate surface area is 297 Å². The summed E-state index contributed by atoms with van der Waals surface area (Å²) < 4.78 is 38.8. The minimum absolute atomic E-state index is 0.00320. The number of carbonyl (C=O) groups excluding carboxylic acids is 6. The van der Waals surface area contributed by atoms with E-state index in [2.05, 4.69) is 6.92 Å². The second kappa shape index (κ2) is 14.7. The lowest BCUT2D eigenvalue weighted by atomic mass is 9.44. The van der Waals surface area contributed by atoms with Gasteiger partial charge in [-0.1, -0.05) is 13.8 Å². The van der Waals surface area contributed by atoms with E-state index in [4.69, 9.17) is 33.2 Å². The molecule has 2 N–H and O–H groups in total. The van der Waals surface area contributed by atoms with Crippen LogP contribution in [0.2, 0.25) is 0 Å². The Morgan fingerprint density at radius 2 is 1.49 bits per heavy atom. The molecule has 15 nitrogen and oxygen atoms in total. The molecule has 0 aromatic heterocycles. The maximum absolute atomic E-state index is 14.2. The molecule has 0 bridgehead atoms. The van der Waals surface area contributed by atoms with Crippen molar-refractivity contribution in [2.75, 3.05) is 13.7 Å². The summed E-state index contributed by atoms with van der Waals surface area (Å²) in [5.41, 5.74) is -2.83. The second-order valence-corrected chi connectivity index (χ2v) is 15.6. The third-order valence-electron chi connectivity index (χ3n) is 12.7. The largest absolute Gasteiger partial charge is 0.467 e. The third-order valence-corrected chi connectivity index (χ3v) is 12.7. The van der Waals surface area contributed by atoms with Crippen LogP contribution in [0.4, 0.5) is 0 Å². The third kappa shape index (κ3) is 7.15. The molecular weight excluding hydrogens is 672 g/mol. The lowest BCUT2D eigenvalue weighted by molar-refractivity contribution is -0.314. The summed E-state index contributed by atoms with van der Waals surface area (Å²) in [6.45, 7) is 8.31. The van der Waals surface area contributed by atoms with Gasteiger partial charge >= 0.3 is 29.8 Å². The highest BCUT2D eigenvalue weighted by Crippen LogP contribution is 2.68. The van der Waals surface area contributed by atoms with Crippen LogP contribution in [-0.2, 0) is 61.9 Å². The van der Waals surface area contributed by atoms with Crippen molar-refractivity contribution in [2.45, 2.75) is 141 Å². The van der Waals surface area contributed by atoms with E-state index in [-0.39, 0.29) is 47.9 Å². The van der Waals surface area contributed by atoms with Crippen LogP contribution in [0.15, 0.2) is 0 Å². The first kappa shape index (κ1) is 39.1. The highest BCUT2D eigenvalue weighted by molar-refractivity contribution is 5.84. The lowest BCUT2D eigenvalue weighted by Crippen LogP contribution is -2.65. The molecule has 286 valence electrons. The van der Waals surface area contributed by atoms with Gasteiger partial charge in [0.1, 0.15) is 18.5 Å². The zero-order chi connectivity index (χ0) is 37.6. The number of hydrogen-bond acceptors (Lipinski definition) is 15. The van der Waals surface area contributed by atoms with Crippen molar-refractivity contribution >= 4 is 35.6 Å². The SMILES string of the molecule is COC(=O)C1O[C@@H](O[C@@H]2CCC3(C)C(CCC4C3C(=O)CC3(C)C4CC[C@]3(O)C(O)COC(C)=O)C2)[C@H](OC(C)=O)[C@@H](OC(C)=O)[C@@H]1OC(C)=O. The molecule has 5 aliphatic rings. The molecule has 4 saturated carbocycles. The van der Waals surface area contributed by atoms with Crippen molar-refractivity contribution in [3.8, 4) is 0 Å². The normalized spacial score (nSPS) is 42.3. The van der Waals surface area contributed by atoms with E-state index in [1.807, 2.05) is 6.92 Å². The fourth-order valence-electron chi connectivity index (χ4n) is 10.5. The van der Waals surface area contributed by atoms with Gasteiger partial charge in [0, 0.05) is 45.4 Å². The number of fused-ring (bicyclic) bond motifs is 5. The van der Waals surface area contributed by atoms with Gasteiger partial charge in [-0.2, -0.15) is 0 Å². The van der Waals surface area contributed by atoms with Crippen LogP contribution in [0.3, 0.4) is 0 Å². The van der Waals surface area contributed by atoms with Crippen molar-refractivity contribution < 1.29 is 72.1 Å². The highest BCUT2D eigenvalue weighted by Gasteiger charge is 2.69. The van der Waals surface area contributed by atoms with Crippen LogP contribution in [0, 0.1) is 34.5 Å². The van der Waals surface area contributed by atoms with Crippen LogP contribution >= 0.6 is 0 Å². The fourth-order valence-corrected chi connectivity index (χ4v) is 10.5. The molecule has 8 unspecified atom stereocenters. The Hall–Kier alpha value is -3.14. The van der Waals surface area contributed by atoms with Gasteiger partial charge in [-0.3, -0.25) is 24.0 Å². The Morgan fingerprint density at radius 3 is 2.10 bits per heavy atom. The van der Waals surface area contributed by atoms with Crippen molar-refractivity contribution in [2.24, 2.45) is 34.5 Å². The summed E-state index contributed by atoms with van der Waals surface area (Å²) in [7, 11) is 1.12. The van der Waals surface area contributed by atoms with Crippen molar-refractivity contribution in [3.05, 3.63) is 0 Å². The molecule has 0 radical (unpaired) electrons. The number of carbonyl (C=O) groups is 6. The Morgan fingerprint density at radius 1 is 0.863 bits per heavy atom. The summed E-state index contributed by atoms with van der Waals surface area (Å²) >= 11 is 0. The number of rotatable bonds is 9. The molecule has 0 amide bonds. The number of aliphatic hydroxyl groups is 2. The maximum Gasteiger partial charge on any atom is 0.339 e. The van der Waals surface area contributed by atoms with Crippen LogP contribution < -0.4 is 0 Å². The first-order valence-electron chi connectivity index (χ1n) is 17.8. The molecule has 51 heavy (non-hydrogen) atoms. The van der Waals surface area contributed by atoms with Gasteiger partial charge in [-0.05, 0) is 68.1 Å². The quantitative estimate of drug-likeness (QED) is 0.198. The minimum atomic E-state index is -1.57. The first-order valence-corrected chi connectivity index (χ1v) is 17.8. The molecule has 0 aromatic carbocycles. The monoisotopic (exact) mass is 724 g/mol. The number of methoxy groups -OCH3 is 1. The van der Waals surface area contributed by atoms with E-state index in [1.165, 1.54) is 6.92 Å². The molecule has 1 heterocycles. The number of esters is 5. The van der Waals surface area contributed by atoms with E-state index in [0.29, 0.717) is 32.1 Å². The molecule has 15 heteroatoms. The van der Waals surface area contributed by atoms with Crippen LogP contribution in [0.1, 0.15) is 92.9 Å². The smallest absolute Gasteiger partial charge is 0.339 e. The van der Waals surface area contributed by atoms with Gasteiger partial charge in [0.25, 0.3) is 0 Å². The van der Waals surface area contributed by atoms with E-state index >= 15 is 0 Å². The average molecular weight is 725 g/mol. The Bertz CT molecular complexity index is 1400. The van der Waals surface area contributed by atoms with Gasteiger partial charge in [-0.25, -0.2) is 4.79 Å². The zero-order valence-electron chi connectivity index (χ0n) is 30.4. The van der Waals surface area contributed by atoms with E-state index < -0.39 is 83.8 Å². The Balaban J connectivity index is 1.35. The Kier molecular flexibility index (Phi) is 11.3. The van der Waals surface area contributed by atoms with Crippen molar-refractivity contribution in [1.82, 2.24) is 0 Å². The van der Waals surface area contributed by atoms with E-state index in [9.17, 15) is 39.0 Å². The van der Waals surface area contributed by atoms with Gasteiger partial charge < -0.3 is 43.4 Å². The van der Waals surface area contributed by atoms with E-state index in [0.717, 1.165) is 40.7 Å². The van der Waals surface area contributed by atoms with Crippen LogP contribution in [0.5, 0.6) is 0 Å². The van der Waals surface area contributed by atoms with Gasteiger partial charge in [0.2, 0.25) is 0 Å². The summed E-state index contributed by atoms with van der Waals surface area (Å²) in [5.74, 6) is -3.95. The maximum atomic E-state index is 14.2. The predicted octanol–water partition coefficient (Wildman–Crippen LogP) is 1.94. The second-order valence-electron chi connectivity index (χ2n) is 15.6. The molecule has 0 spiro atoms. The van der Waals surface area contributed by atoms with E-state index in [1.54, 1.807) is 0 Å². The zero-order valence-corrected chi connectivity index (χ0v) is 30.4. The van der Waals surface area contributed by atoms with Crippen molar-refractivity contribution in [1.29, 1.82) is 0 Å². The minimum Gasteiger partial charge on any atom is -0.467 e. The fraction of sp³-hybridized carbons (Fsp3) is 0.833. The molecular formula is C36H52O15. The number of ketones is 1. The molecule has 4 aliphatic carbocycles. The van der Waals surface area contributed by atoms with Crippen LogP contribution in [0.25, 0.3) is 0 Å². The topological polar surface area (TPSA) is 207 Å². The first-order chi connectivity index (χ1) is 23.9. The van der Waals surface area contributed by atoms with Crippen molar-refractivity contribution in [3.63, 3.8) is 0 Å². The van der Waals surface area contributed by atoms with Gasteiger partial charge in [0.05, 0.1) is 18.8 Å². The molecule has 1 saturated heterocycles. The molecule has 1 aliphatic heterocycles. The summed E-state index contributed by atoms with van der Waals surface area (Å²) in [6, 6.07) is 0. The standard InChI is InChI=1S/C36H52O15/c1-17(37)46-16-26(42)36(44)13-11-24-23-9-8-21-14-22(10-12-34(21,5)27(23)25(41)15-35(24,36)6)50-33-31(49-20(4)40)29(48-19(3)39)28(47-18(2)38)30(51-33)32(43)45-7/h21-24,26-31,33,42,44H,8-16H2,1-7H3/t21?,22-,23?,24?,26?,27?,28+,29+,30?,31-,33-,34?,35?,36+/m1/s1. The van der Waals surface area contributed by atoms with Crippen LogP contribution in [-0.4, -0.2) is 108 Å². The van der Waals surface area contributed by atoms with Gasteiger partial charge in [-0.15, -0.1) is 0 Å².